The molecule has 2 aromatic carbocycles. The summed E-state index contributed by atoms with van der Waals surface area (Å²) >= 11 is 0. The highest BCUT2D eigenvalue weighted by molar-refractivity contribution is 5.82. The quantitative estimate of drug-likeness (QED) is 0.228. The third-order valence-corrected chi connectivity index (χ3v) is 11.2. The molecular formula is C37H51NO3. The van der Waals surface area contributed by atoms with Gasteiger partial charge in [-0.25, -0.2) is 0 Å². The molecule has 4 atom stereocenters. The lowest BCUT2D eigenvalue weighted by Crippen LogP contribution is -2.35. The van der Waals surface area contributed by atoms with E-state index in [1.165, 1.54) is 66.3 Å². The summed E-state index contributed by atoms with van der Waals surface area (Å²) < 4.78 is 6.31. The molecule has 3 saturated carbocycles. The average Bonchev–Trinajstić information content (AvgIpc) is 3.82. The Balaban J connectivity index is 1.27. The lowest BCUT2D eigenvalue weighted by molar-refractivity contribution is -0.129. The monoisotopic (exact) mass is 557 g/mol. The highest BCUT2D eigenvalue weighted by Gasteiger charge is 2.42. The first-order valence-electron chi connectivity index (χ1n) is 16.5. The normalized spacial score (nSPS) is 30.4. The number of amides is 1. The van der Waals surface area contributed by atoms with Crippen LogP contribution in [0.5, 0.6) is 5.75 Å². The van der Waals surface area contributed by atoms with Crippen LogP contribution < -0.4 is 4.74 Å². The molecule has 3 fully saturated rings. The molecule has 4 heteroatoms. The van der Waals surface area contributed by atoms with Crippen molar-refractivity contribution in [1.82, 2.24) is 0 Å². The summed E-state index contributed by atoms with van der Waals surface area (Å²) in [6.45, 7) is 11.8. The fraction of sp³-hybridized carbons (Fsp3) is 0.649. The van der Waals surface area contributed by atoms with Crippen LogP contribution in [-0.2, 0) is 11.2 Å². The van der Waals surface area contributed by atoms with Gasteiger partial charge in [0, 0.05) is 10.7 Å². The molecule has 3 aliphatic carbocycles. The van der Waals surface area contributed by atoms with Crippen LogP contribution in [0.4, 0.5) is 0 Å². The number of benzene rings is 2. The van der Waals surface area contributed by atoms with E-state index in [0.29, 0.717) is 30.3 Å². The van der Waals surface area contributed by atoms with Gasteiger partial charge >= 0.3 is 0 Å². The lowest BCUT2D eigenvalue weighted by atomic mass is 9.64. The zero-order valence-corrected chi connectivity index (χ0v) is 26.1. The molecule has 0 N–H and O–H groups in total. The summed E-state index contributed by atoms with van der Waals surface area (Å²) in [5, 5.41) is 2.78. The van der Waals surface area contributed by atoms with Crippen molar-refractivity contribution in [3.63, 3.8) is 0 Å². The Morgan fingerprint density at radius 3 is 2.44 bits per heavy atom. The molecule has 0 radical (unpaired) electrons. The number of carbonyl (C=O) groups excluding carboxylic acids is 1. The summed E-state index contributed by atoms with van der Waals surface area (Å²) in [6, 6.07) is 13.7. The summed E-state index contributed by atoms with van der Waals surface area (Å²) in [7, 11) is 0. The summed E-state index contributed by atoms with van der Waals surface area (Å²) in [5.74, 6) is 4.84. The zero-order chi connectivity index (χ0) is 29.1. The Labute approximate surface area is 248 Å². The van der Waals surface area contributed by atoms with Crippen LogP contribution in [0, 0.1) is 46.8 Å². The Morgan fingerprint density at radius 1 is 1.02 bits per heavy atom. The summed E-state index contributed by atoms with van der Waals surface area (Å²) in [6.07, 6.45) is 12.6. The van der Waals surface area contributed by atoms with Gasteiger partial charge in [0.2, 0.25) is 0 Å². The van der Waals surface area contributed by atoms with Gasteiger partial charge in [0.25, 0.3) is 5.91 Å². The van der Waals surface area contributed by atoms with Gasteiger partial charge in [-0.1, -0.05) is 63.1 Å². The lowest BCUT2D eigenvalue weighted by Gasteiger charge is -2.40. The van der Waals surface area contributed by atoms with Gasteiger partial charge in [-0.15, -0.1) is 4.91 Å². The number of nitroso groups, excluding NO2 is 1. The van der Waals surface area contributed by atoms with Gasteiger partial charge < -0.3 is 4.74 Å². The Morgan fingerprint density at radius 2 is 1.78 bits per heavy atom. The van der Waals surface area contributed by atoms with Crippen LogP contribution in [0.15, 0.2) is 41.6 Å². The van der Waals surface area contributed by atoms with Crippen LogP contribution >= 0.6 is 0 Å². The summed E-state index contributed by atoms with van der Waals surface area (Å²) in [4.78, 5) is 23.0. The van der Waals surface area contributed by atoms with E-state index in [4.69, 9.17) is 4.74 Å². The van der Waals surface area contributed by atoms with Crippen LogP contribution in [0.1, 0.15) is 115 Å². The van der Waals surface area contributed by atoms with Gasteiger partial charge in [0.1, 0.15) is 5.75 Å². The molecule has 222 valence electrons. The minimum absolute atomic E-state index is 0.442. The number of hydrogen-bond donors (Lipinski definition) is 0. The van der Waals surface area contributed by atoms with E-state index >= 15 is 0 Å². The number of hydrogen-bond acceptors (Lipinski definition) is 3. The van der Waals surface area contributed by atoms with Gasteiger partial charge in [-0.3, -0.25) is 4.79 Å². The fourth-order valence-corrected chi connectivity index (χ4v) is 8.23. The SMILES string of the molecule is CCOc1cc(CCC2CCC(C3CCC(C)(C(=O)N=O)CC3)C(C)C(C)C2)cc(C2CC2)c1-c1cccc(C)c1. The number of nitrogens with zero attached hydrogens (tertiary/aromatic N) is 1. The molecule has 0 spiro atoms. The Hall–Kier alpha value is -2.49. The third kappa shape index (κ3) is 6.78. The van der Waals surface area contributed by atoms with E-state index in [9.17, 15) is 9.70 Å². The molecule has 0 aliphatic heterocycles. The van der Waals surface area contributed by atoms with Gasteiger partial charge in [-0.2, -0.15) is 0 Å². The molecule has 0 heterocycles. The van der Waals surface area contributed by atoms with Crippen molar-refractivity contribution in [1.29, 1.82) is 0 Å². The minimum atomic E-state index is -0.533. The topological polar surface area (TPSA) is 55.7 Å². The van der Waals surface area contributed by atoms with E-state index in [2.05, 4.69) is 69.3 Å². The zero-order valence-electron chi connectivity index (χ0n) is 26.1. The average molecular weight is 558 g/mol. The fourth-order valence-electron chi connectivity index (χ4n) is 8.23. The maximum absolute atomic E-state index is 12.1. The second-order valence-corrected chi connectivity index (χ2v) is 14.1. The van der Waals surface area contributed by atoms with E-state index in [1.54, 1.807) is 0 Å². The predicted octanol–water partition coefficient (Wildman–Crippen LogP) is 10.0. The summed E-state index contributed by atoms with van der Waals surface area (Å²) in [5.41, 5.74) is 6.29. The number of carbonyl (C=O) groups is 1. The molecule has 1 amide bonds. The minimum Gasteiger partial charge on any atom is -0.493 e. The van der Waals surface area contributed by atoms with Crippen molar-refractivity contribution in [2.75, 3.05) is 6.61 Å². The maximum Gasteiger partial charge on any atom is 0.292 e. The van der Waals surface area contributed by atoms with Crippen molar-refractivity contribution < 1.29 is 9.53 Å². The van der Waals surface area contributed by atoms with E-state index in [-0.39, 0.29) is 0 Å². The first kappa shape index (κ1) is 30.0. The van der Waals surface area contributed by atoms with Crippen molar-refractivity contribution in [3.8, 4) is 16.9 Å². The van der Waals surface area contributed by atoms with Crippen molar-refractivity contribution in [3.05, 3.63) is 58.0 Å². The largest absolute Gasteiger partial charge is 0.493 e. The smallest absolute Gasteiger partial charge is 0.292 e. The molecule has 0 saturated heterocycles. The first-order chi connectivity index (χ1) is 19.7. The number of aryl methyl sites for hydroxylation is 2. The van der Waals surface area contributed by atoms with Crippen LogP contribution in [-0.4, -0.2) is 12.5 Å². The third-order valence-electron chi connectivity index (χ3n) is 11.2. The molecule has 4 unspecified atom stereocenters. The number of rotatable bonds is 9. The maximum atomic E-state index is 12.1. The molecule has 4 nitrogen and oxygen atoms in total. The number of ether oxygens (including phenoxy) is 1. The predicted molar refractivity (Wildman–Crippen MR) is 168 cm³/mol. The van der Waals surface area contributed by atoms with Crippen LogP contribution in [0.25, 0.3) is 11.1 Å². The first-order valence-corrected chi connectivity index (χ1v) is 16.5. The highest BCUT2D eigenvalue weighted by atomic mass is 16.5. The van der Waals surface area contributed by atoms with Crippen molar-refractivity contribution in [2.45, 2.75) is 111 Å². The van der Waals surface area contributed by atoms with Crippen molar-refractivity contribution >= 4 is 5.91 Å². The standard InChI is InChI=1S/C37H51NO3/c1-6-41-34-23-28(22-33(29-13-14-29)35(34)31-9-7-8-24(2)20-31)11-10-27-12-15-32(26(4)25(3)21-27)30-16-18-37(5,19-17-30)36(39)38-40/h7-9,20,22-23,25-27,29-30,32H,6,10-19,21H2,1-5H3. The molecule has 3 aliphatic rings. The Bertz CT molecular complexity index is 1220. The second kappa shape index (κ2) is 12.8. The van der Waals surface area contributed by atoms with Gasteiger partial charge in [-0.05, 0) is 136 Å². The van der Waals surface area contributed by atoms with Crippen LogP contribution in [0.2, 0.25) is 0 Å². The molecule has 0 bridgehead atoms. The van der Waals surface area contributed by atoms with E-state index in [1.807, 2.05) is 6.92 Å². The van der Waals surface area contributed by atoms with Crippen molar-refractivity contribution in [2.24, 2.45) is 40.2 Å². The highest BCUT2D eigenvalue weighted by Crippen LogP contribution is 2.50. The molecular weight excluding hydrogens is 506 g/mol. The van der Waals surface area contributed by atoms with E-state index < -0.39 is 11.3 Å². The van der Waals surface area contributed by atoms with Gasteiger partial charge in [0.05, 0.1) is 12.0 Å². The Kier molecular flexibility index (Phi) is 9.36. The molecule has 5 rings (SSSR count). The van der Waals surface area contributed by atoms with Gasteiger partial charge in [0.15, 0.2) is 0 Å². The van der Waals surface area contributed by atoms with E-state index in [0.717, 1.165) is 49.7 Å². The molecule has 2 aromatic rings. The molecule has 41 heavy (non-hydrogen) atoms. The second-order valence-electron chi connectivity index (χ2n) is 14.1. The van der Waals surface area contributed by atoms with Crippen LogP contribution in [0.3, 0.4) is 0 Å². The molecule has 0 aromatic heterocycles.